The number of carbonyl (C=O) groups excluding carboxylic acids is 2. The zero-order valence-corrected chi connectivity index (χ0v) is 27.0. The maximum atomic E-state index is 14.2. The van der Waals surface area contributed by atoms with Gasteiger partial charge in [-0.15, -0.1) is 0 Å². The molecule has 2 saturated carbocycles. The maximum Gasteiger partial charge on any atom is 0.331 e. The Hall–Kier alpha value is -1.83. The number of aliphatic hydroxyl groups is 3. The van der Waals surface area contributed by atoms with Gasteiger partial charge in [-0.3, -0.25) is 9.59 Å². The molecule has 4 aliphatic rings. The maximum absolute atomic E-state index is 14.2. The summed E-state index contributed by atoms with van der Waals surface area (Å²) in [5.74, 6) is -0.727. The van der Waals surface area contributed by atoms with E-state index in [-0.39, 0.29) is 41.3 Å². The van der Waals surface area contributed by atoms with Gasteiger partial charge in [-0.25, -0.2) is 4.79 Å². The SMILES string of the molecule is CC(C)CCCC(=CC(O)CC(C)C1CC(O)C2(C)C3=C(C(=O)CC12C)C1(C)CCC(=O)C(C)(C)C1CC3O)C(=O)O. The third-order valence-electron chi connectivity index (χ3n) is 12.6. The molecule has 4 aliphatic carbocycles. The van der Waals surface area contributed by atoms with Crippen LogP contribution in [-0.4, -0.2) is 56.3 Å². The molecule has 9 atom stereocenters. The molecule has 0 aromatic carbocycles. The molecule has 0 bridgehead atoms. The lowest BCUT2D eigenvalue weighted by Crippen LogP contribution is -2.60. The zero-order valence-electron chi connectivity index (χ0n) is 27.0. The summed E-state index contributed by atoms with van der Waals surface area (Å²) in [6.45, 7) is 16.2. The molecule has 9 unspecified atom stereocenters. The first kappa shape index (κ1) is 33.1. The number of carboxylic acid groups (broad SMARTS) is 1. The average Bonchev–Trinajstić information content (AvgIpc) is 3.08. The van der Waals surface area contributed by atoms with Crippen LogP contribution in [0, 0.1) is 45.3 Å². The molecule has 7 nitrogen and oxygen atoms in total. The van der Waals surface area contributed by atoms with Gasteiger partial charge in [0.15, 0.2) is 5.78 Å². The highest BCUT2D eigenvalue weighted by molar-refractivity contribution is 6.01. The van der Waals surface area contributed by atoms with E-state index in [0.29, 0.717) is 55.6 Å². The van der Waals surface area contributed by atoms with Crippen LogP contribution in [0.5, 0.6) is 0 Å². The molecular weight excluding hydrogens is 532 g/mol. The molecule has 236 valence electrons. The lowest BCUT2D eigenvalue weighted by Gasteiger charge is -2.61. The van der Waals surface area contributed by atoms with Crippen molar-refractivity contribution in [1.29, 1.82) is 0 Å². The zero-order chi connectivity index (χ0) is 31.6. The number of aliphatic carboxylic acids is 1. The Labute approximate surface area is 251 Å². The van der Waals surface area contributed by atoms with Gasteiger partial charge in [0.25, 0.3) is 0 Å². The topological polar surface area (TPSA) is 132 Å². The van der Waals surface area contributed by atoms with E-state index >= 15 is 0 Å². The van der Waals surface area contributed by atoms with Gasteiger partial charge in [0.1, 0.15) is 5.78 Å². The predicted octanol–water partition coefficient (Wildman–Crippen LogP) is 5.65. The summed E-state index contributed by atoms with van der Waals surface area (Å²) in [4.78, 5) is 39.0. The van der Waals surface area contributed by atoms with Gasteiger partial charge >= 0.3 is 5.97 Å². The van der Waals surface area contributed by atoms with Crippen molar-refractivity contribution >= 4 is 17.5 Å². The molecule has 0 aromatic heterocycles. The standard InChI is InChI=1S/C35H54O7/c1-19(2)10-9-11-21(31(41)42)15-22(36)14-20(3)23-16-28(40)35(8)30-24(37)17-26-32(4,5)27(39)12-13-33(26,6)29(30)25(38)18-34(23,35)7/h15,19-20,22-24,26,28,36-37,40H,9-14,16-18H2,1-8H3,(H,41,42). The van der Waals surface area contributed by atoms with Crippen LogP contribution in [0.3, 0.4) is 0 Å². The average molecular weight is 587 g/mol. The van der Waals surface area contributed by atoms with Crippen LogP contribution >= 0.6 is 0 Å². The van der Waals surface area contributed by atoms with Crippen LogP contribution in [0.15, 0.2) is 22.8 Å². The summed E-state index contributed by atoms with van der Waals surface area (Å²) in [5, 5.41) is 44.2. The Morgan fingerprint density at radius 1 is 1.05 bits per heavy atom. The molecule has 7 heteroatoms. The predicted molar refractivity (Wildman–Crippen MR) is 161 cm³/mol. The van der Waals surface area contributed by atoms with Gasteiger partial charge in [-0.1, -0.05) is 61.8 Å². The highest BCUT2D eigenvalue weighted by atomic mass is 16.4. The second-order valence-electron chi connectivity index (χ2n) is 15.8. The molecule has 0 radical (unpaired) electrons. The fourth-order valence-electron chi connectivity index (χ4n) is 10.00. The van der Waals surface area contributed by atoms with Crippen molar-refractivity contribution in [1.82, 2.24) is 0 Å². The van der Waals surface area contributed by atoms with Crippen molar-refractivity contribution in [2.24, 2.45) is 45.3 Å². The van der Waals surface area contributed by atoms with E-state index in [9.17, 15) is 34.8 Å². The number of ketones is 2. The van der Waals surface area contributed by atoms with Crippen LogP contribution in [0.4, 0.5) is 0 Å². The molecular formula is C35H54O7. The summed E-state index contributed by atoms with van der Waals surface area (Å²) >= 11 is 0. The molecule has 0 aliphatic heterocycles. The number of carboxylic acids is 1. The lowest BCUT2D eigenvalue weighted by atomic mass is 9.42. The fraction of sp³-hybridized carbons (Fsp3) is 0.800. The summed E-state index contributed by atoms with van der Waals surface area (Å²) in [6, 6.07) is 0. The van der Waals surface area contributed by atoms with Gasteiger partial charge in [0, 0.05) is 40.2 Å². The van der Waals surface area contributed by atoms with Crippen molar-refractivity contribution in [3.63, 3.8) is 0 Å². The summed E-state index contributed by atoms with van der Waals surface area (Å²) in [7, 11) is 0. The van der Waals surface area contributed by atoms with Crippen molar-refractivity contribution in [3.05, 3.63) is 22.8 Å². The first-order chi connectivity index (χ1) is 19.3. The monoisotopic (exact) mass is 586 g/mol. The van der Waals surface area contributed by atoms with E-state index in [0.717, 1.165) is 12.8 Å². The summed E-state index contributed by atoms with van der Waals surface area (Å²) in [6.07, 6.45) is 3.24. The van der Waals surface area contributed by atoms with E-state index in [1.807, 2.05) is 27.7 Å². The number of aliphatic hydroxyl groups excluding tert-OH is 3. The number of hydrogen-bond donors (Lipinski definition) is 4. The number of hydrogen-bond acceptors (Lipinski definition) is 6. The smallest absolute Gasteiger partial charge is 0.331 e. The number of allylic oxidation sites excluding steroid dienone is 1. The minimum atomic E-state index is -1.01. The van der Waals surface area contributed by atoms with Crippen LogP contribution < -0.4 is 0 Å². The minimum Gasteiger partial charge on any atom is -0.478 e. The van der Waals surface area contributed by atoms with E-state index in [1.54, 1.807) is 0 Å². The Morgan fingerprint density at radius 2 is 1.69 bits per heavy atom. The first-order valence-electron chi connectivity index (χ1n) is 16.1. The number of Topliss-reactive ketones (excluding diaryl/α,β-unsaturated/α-hetero) is 2. The van der Waals surface area contributed by atoms with Gasteiger partial charge in [-0.05, 0) is 79.3 Å². The van der Waals surface area contributed by atoms with E-state index in [1.165, 1.54) is 6.08 Å². The number of rotatable bonds is 9. The van der Waals surface area contributed by atoms with Crippen LogP contribution in [-0.2, 0) is 14.4 Å². The largest absolute Gasteiger partial charge is 0.478 e. The van der Waals surface area contributed by atoms with Gasteiger partial charge in [0.2, 0.25) is 0 Å². The van der Waals surface area contributed by atoms with E-state index < -0.39 is 45.9 Å². The Morgan fingerprint density at radius 3 is 2.29 bits per heavy atom. The second-order valence-corrected chi connectivity index (χ2v) is 15.8. The molecule has 0 spiro atoms. The van der Waals surface area contributed by atoms with Crippen LogP contribution in [0.1, 0.15) is 113 Å². The van der Waals surface area contributed by atoms with Crippen molar-refractivity contribution in [2.75, 3.05) is 0 Å². The Balaban J connectivity index is 1.66. The number of carbonyl (C=O) groups is 3. The first-order valence-corrected chi connectivity index (χ1v) is 16.1. The minimum absolute atomic E-state index is 0.00596. The van der Waals surface area contributed by atoms with Crippen molar-refractivity contribution in [3.8, 4) is 0 Å². The highest BCUT2D eigenvalue weighted by Gasteiger charge is 2.70. The van der Waals surface area contributed by atoms with E-state index in [4.69, 9.17) is 0 Å². The highest BCUT2D eigenvalue weighted by Crippen LogP contribution is 2.71. The Kier molecular flexibility index (Phi) is 8.87. The Bertz CT molecular complexity index is 1180. The molecule has 42 heavy (non-hydrogen) atoms. The van der Waals surface area contributed by atoms with Crippen LogP contribution in [0.25, 0.3) is 0 Å². The van der Waals surface area contributed by atoms with Crippen molar-refractivity contribution in [2.45, 2.75) is 131 Å². The molecule has 0 saturated heterocycles. The van der Waals surface area contributed by atoms with Gasteiger partial charge in [0.05, 0.1) is 18.3 Å². The number of fused-ring (bicyclic) bond motifs is 4. The molecule has 0 heterocycles. The molecule has 4 N–H and O–H groups in total. The third-order valence-corrected chi connectivity index (χ3v) is 12.6. The normalized spacial score (nSPS) is 39.6. The van der Waals surface area contributed by atoms with Gasteiger partial charge < -0.3 is 20.4 Å². The molecule has 2 fully saturated rings. The van der Waals surface area contributed by atoms with Gasteiger partial charge in [-0.2, -0.15) is 0 Å². The van der Waals surface area contributed by atoms with Crippen LogP contribution in [0.2, 0.25) is 0 Å². The summed E-state index contributed by atoms with van der Waals surface area (Å²) in [5.41, 5.74) is -1.13. The lowest BCUT2D eigenvalue weighted by molar-refractivity contribution is -0.146. The second kappa shape index (κ2) is 11.3. The molecule has 0 amide bonds. The molecule has 4 rings (SSSR count). The fourth-order valence-corrected chi connectivity index (χ4v) is 10.00. The van der Waals surface area contributed by atoms with E-state index in [2.05, 4.69) is 27.7 Å². The third kappa shape index (κ3) is 5.05. The quantitative estimate of drug-likeness (QED) is 0.257. The summed E-state index contributed by atoms with van der Waals surface area (Å²) < 4.78 is 0. The van der Waals surface area contributed by atoms with Crippen molar-refractivity contribution < 1.29 is 34.8 Å². The molecule has 0 aromatic rings.